The van der Waals surface area contributed by atoms with Crippen molar-refractivity contribution in [3.63, 3.8) is 0 Å². The monoisotopic (exact) mass is 486 g/mol. The van der Waals surface area contributed by atoms with Gasteiger partial charge in [-0.05, 0) is 86.1 Å². The number of para-hydroxylation sites is 1. The highest BCUT2D eigenvalue weighted by Gasteiger charge is 2.19. The minimum Gasteiger partial charge on any atom is -0.322 e. The lowest BCUT2D eigenvalue weighted by molar-refractivity contribution is 0.102. The maximum atomic E-state index is 13.7. The number of hydrogen-bond acceptors (Lipinski definition) is 3. The van der Waals surface area contributed by atoms with Gasteiger partial charge in [0.05, 0.1) is 34.4 Å². The SMILES string of the molecule is CCc1ccc(-n2ncc(-c3cc(C(=O)Nc4cccc5c4CCCC5)c4ccccc4n3)c2C)cc1. The molecule has 0 spiro atoms. The number of nitrogens with zero attached hydrogens (tertiary/aromatic N) is 3. The summed E-state index contributed by atoms with van der Waals surface area (Å²) in [6.45, 7) is 4.20. The van der Waals surface area contributed by atoms with E-state index >= 15 is 0 Å². The number of benzene rings is 3. The molecule has 0 aliphatic heterocycles. The first-order valence-corrected chi connectivity index (χ1v) is 13.1. The Balaban J connectivity index is 1.40. The summed E-state index contributed by atoms with van der Waals surface area (Å²) in [5.41, 5.74) is 9.89. The number of carbonyl (C=O) groups excluding carboxylic acids is 1. The molecule has 0 unspecified atom stereocenters. The van der Waals surface area contributed by atoms with E-state index in [1.165, 1.54) is 23.1 Å². The minimum atomic E-state index is -0.112. The zero-order valence-corrected chi connectivity index (χ0v) is 21.3. The van der Waals surface area contributed by atoms with Crippen molar-refractivity contribution in [1.29, 1.82) is 0 Å². The van der Waals surface area contributed by atoms with Crippen LogP contribution in [0.2, 0.25) is 0 Å². The number of hydrogen-bond donors (Lipinski definition) is 1. The average molecular weight is 487 g/mol. The maximum absolute atomic E-state index is 13.7. The molecule has 1 aliphatic carbocycles. The molecule has 2 heterocycles. The molecular weight excluding hydrogens is 456 g/mol. The van der Waals surface area contributed by atoms with Crippen LogP contribution in [0.5, 0.6) is 0 Å². The van der Waals surface area contributed by atoms with E-state index in [0.29, 0.717) is 5.56 Å². The summed E-state index contributed by atoms with van der Waals surface area (Å²) >= 11 is 0. The lowest BCUT2D eigenvalue weighted by Crippen LogP contribution is -2.16. The van der Waals surface area contributed by atoms with E-state index in [1.807, 2.05) is 60.3 Å². The molecule has 2 aromatic heterocycles. The quantitative estimate of drug-likeness (QED) is 0.288. The van der Waals surface area contributed by atoms with Gasteiger partial charge in [-0.15, -0.1) is 0 Å². The van der Waals surface area contributed by atoms with Gasteiger partial charge in [-0.3, -0.25) is 4.79 Å². The number of aromatic nitrogens is 3. The lowest BCUT2D eigenvalue weighted by atomic mass is 9.90. The van der Waals surface area contributed by atoms with E-state index in [-0.39, 0.29) is 5.91 Å². The minimum absolute atomic E-state index is 0.112. The van der Waals surface area contributed by atoms with Crippen LogP contribution in [0.15, 0.2) is 79.0 Å². The summed E-state index contributed by atoms with van der Waals surface area (Å²) in [4.78, 5) is 18.6. The Labute approximate surface area is 217 Å². The largest absolute Gasteiger partial charge is 0.322 e. The van der Waals surface area contributed by atoms with Crippen LogP contribution < -0.4 is 5.32 Å². The first kappa shape index (κ1) is 23.2. The first-order chi connectivity index (χ1) is 18.1. The predicted molar refractivity (Wildman–Crippen MR) is 149 cm³/mol. The Kier molecular flexibility index (Phi) is 6.05. The van der Waals surface area contributed by atoms with Gasteiger partial charge in [0, 0.05) is 16.6 Å². The molecule has 0 bridgehead atoms. The second-order valence-electron chi connectivity index (χ2n) is 9.75. The number of carbonyl (C=O) groups is 1. The molecule has 6 rings (SSSR count). The number of anilines is 1. The fourth-order valence-electron chi connectivity index (χ4n) is 5.38. The molecule has 1 amide bonds. The van der Waals surface area contributed by atoms with E-state index in [2.05, 4.69) is 47.7 Å². The molecule has 0 fully saturated rings. The number of aryl methyl sites for hydroxylation is 2. The zero-order valence-electron chi connectivity index (χ0n) is 21.3. The predicted octanol–water partition coefficient (Wildman–Crippen LogP) is 7.09. The van der Waals surface area contributed by atoms with Crippen molar-refractivity contribution < 1.29 is 4.79 Å². The normalized spacial score (nSPS) is 12.9. The van der Waals surface area contributed by atoms with Crippen LogP contribution >= 0.6 is 0 Å². The van der Waals surface area contributed by atoms with Gasteiger partial charge in [-0.25, -0.2) is 9.67 Å². The summed E-state index contributed by atoms with van der Waals surface area (Å²) < 4.78 is 1.93. The van der Waals surface area contributed by atoms with Gasteiger partial charge in [0.1, 0.15) is 0 Å². The van der Waals surface area contributed by atoms with E-state index in [1.54, 1.807) is 0 Å². The van der Waals surface area contributed by atoms with Gasteiger partial charge < -0.3 is 5.32 Å². The number of amides is 1. The van der Waals surface area contributed by atoms with Gasteiger partial charge in [0.2, 0.25) is 0 Å². The fourth-order valence-corrected chi connectivity index (χ4v) is 5.38. The van der Waals surface area contributed by atoms with Crippen LogP contribution in [0.1, 0.15) is 52.5 Å². The van der Waals surface area contributed by atoms with Gasteiger partial charge in [0.25, 0.3) is 5.91 Å². The van der Waals surface area contributed by atoms with Gasteiger partial charge >= 0.3 is 0 Å². The van der Waals surface area contributed by atoms with Crippen LogP contribution in [0, 0.1) is 6.92 Å². The number of rotatable bonds is 5. The Bertz CT molecular complexity index is 1610. The van der Waals surface area contributed by atoms with Crippen molar-refractivity contribution >= 4 is 22.5 Å². The van der Waals surface area contributed by atoms with Crippen LogP contribution in [0.25, 0.3) is 27.8 Å². The highest BCUT2D eigenvalue weighted by Crippen LogP contribution is 2.31. The third kappa shape index (κ3) is 4.31. The average Bonchev–Trinajstić information content (AvgIpc) is 3.33. The van der Waals surface area contributed by atoms with Crippen molar-refractivity contribution in [2.45, 2.75) is 46.0 Å². The molecule has 3 aromatic carbocycles. The van der Waals surface area contributed by atoms with Gasteiger partial charge in [0.15, 0.2) is 0 Å². The Morgan fingerprint density at radius 1 is 0.973 bits per heavy atom. The molecular formula is C32H30N4O. The van der Waals surface area contributed by atoms with Crippen LogP contribution in [-0.2, 0) is 19.3 Å². The van der Waals surface area contributed by atoms with Crippen LogP contribution in [-0.4, -0.2) is 20.7 Å². The third-order valence-electron chi connectivity index (χ3n) is 7.48. The molecule has 1 N–H and O–H groups in total. The van der Waals surface area contributed by atoms with Crippen molar-refractivity contribution in [3.05, 3.63) is 107 Å². The lowest BCUT2D eigenvalue weighted by Gasteiger charge is -2.20. The summed E-state index contributed by atoms with van der Waals surface area (Å²) in [6, 6.07) is 24.4. The highest BCUT2D eigenvalue weighted by molar-refractivity contribution is 6.13. The topological polar surface area (TPSA) is 59.8 Å². The Hall–Kier alpha value is -4.25. The maximum Gasteiger partial charge on any atom is 0.256 e. The van der Waals surface area contributed by atoms with E-state index in [0.717, 1.165) is 64.9 Å². The van der Waals surface area contributed by atoms with Crippen molar-refractivity contribution in [2.24, 2.45) is 0 Å². The highest BCUT2D eigenvalue weighted by atomic mass is 16.1. The molecule has 5 heteroatoms. The van der Waals surface area contributed by atoms with E-state index in [9.17, 15) is 4.79 Å². The summed E-state index contributed by atoms with van der Waals surface area (Å²) in [7, 11) is 0. The number of fused-ring (bicyclic) bond motifs is 2. The van der Waals surface area contributed by atoms with Gasteiger partial charge in [-0.2, -0.15) is 5.10 Å². The van der Waals surface area contributed by atoms with Gasteiger partial charge in [-0.1, -0.05) is 49.4 Å². The summed E-state index contributed by atoms with van der Waals surface area (Å²) in [5.74, 6) is -0.112. The zero-order chi connectivity index (χ0) is 25.4. The molecule has 1 aliphatic rings. The molecule has 0 atom stereocenters. The smallest absolute Gasteiger partial charge is 0.256 e. The first-order valence-electron chi connectivity index (χ1n) is 13.1. The summed E-state index contributed by atoms with van der Waals surface area (Å²) in [5, 5.41) is 8.73. The summed E-state index contributed by atoms with van der Waals surface area (Å²) in [6.07, 6.45) is 7.29. The van der Waals surface area contributed by atoms with Crippen molar-refractivity contribution in [1.82, 2.24) is 14.8 Å². The molecule has 0 radical (unpaired) electrons. The standard InChI is InChI=1S/C32H30N4O/c1-3-22-15-17-24(18-16-22)36-21(2)28(20-33-36)31-19-27(26-12-6-7-13-30(26)34-31)32(37)35-29-14-8-10-23-9-4-5-11-25(23)29/h6-8,10,12-20H,3-5,9,11H2,1-2H3,(H,35,37). The molecule has 37 heavy (non-hydrogen) atoms. The molecule has 184 valence electrons. The fraction of sp³-hybridized carbons (Fsp3) is 0.219. The number of pyridine rings is 1. The number of nitrogens with one attached hydrogen (secondary N) is 1. The van der Waals surface area contributed by atoms with Crippen LogP contribution in [0.4, 0.5) is 5.69 Å². The Morgan fingerprint density at radius 3 is 2.62 bits per heavy atom. The van der Waals surface area contributed by atoms with Crippen molar-refractivity contribution in [3.8, 4) is 16.9 Å². The molecule has 5 nitrogen and oxygen atoms in total. The second-order valence-corrected chi connectivity index (χ2v) is 9.75. The second kappa shape index (κ2) is 9.66. The third-order valence-corrected chi connectivity index (χ3v) is 7.48. The van der Waals surface area contributed by atoms with Crippen LogP contribution in [0.3, 0.4) is 0 Å². The molecule has 5 aromatic rings. The molecule has 0 saturated heterocycles. The van der Waals surface area contributed by atoms with Crippen molar-refractivity contribution in [2.75, 3.05) is 5.32 Å². The Morgan fingerprint density at radius 2 is 1.78 bits per heavy atom. The van der Waals surface area contributed by atoms with E-state index in [4.69, 9.17) is 4.98 Å². The molecule has 0 saturated carbocycles. The van der Waals surface area contributed by atoms with E-state index < -0.39 is 0 Å².